The van der Waals surface area contributed by atoms with Crippen molar-refractivity contribution in [1.82, 2.24) is 20.2 Å². The lowest BCUT2D eigenvalue weighted by Crippen LogP contribution is -2.41. The lowest BCUT2D eigenvalue weighted by molar-refractivity contribution is -0.122. The Balaban J connectivity index is 1.48. The summed E-state index contributed by atoms with van der Waals surface area (Å²) in [5.41, 5.74) is 5.01. The van der Waals surface area contributed by atoms with Crippen LogP contribution in [-0.2, 0) is 29.5 Å². The summed E-state index contributed by atoms with van der Waals surface area (Å²) in [7, 11) is 6.65. The zero-order valence-electron chi connectivity index (χ0n) is 28.3. The summed E-state index contributed by atoms with van der Waals surface area (Å²) < 4.78 is 19.2. The van der Waals surface area contributed by atoms with Crippen LogP contribution in [0.4, 0.5) is 5.69 Å². The van der Waals surface area contributed by atoms with Crippen molar-refractivity contribution in [2.24, 2.45) is 7.05 Å². The van der Waals surface area contributed by atoms with Gasteiger partial charge in [-0.05, 0) is 78.3 Å². The molecule has 254 valence electrons. The molecule has 0 fully saturated rings. The first-order chi connectivity index (χ1) is 23.2. The molecule has 1 heterocycles. The number of para-hydroxylation sites is 2. The quantitative estimate of drug-likeness (QED) is 0.186. The average Bonchev–Trinajstić information content (AvgIpc) is 3.21. The third kappa shape index (κ3) is 7.23. The van der Waals surface area contributed by atoms with E-state index < -0.39 is 12.1 Å². The van der Waals surface area contributed by atoms with Crippen molar-refractivity contribution in [3.63, 3.8) is 0 Å². The molecule has 1 aliphatic carbocycles. The Kier molecular flexibility index (Phi) is 11.2. The fraction of sp³-hybridized carbons (Fsp3) is 0.389. The zero-order valence-corrected chi connectivity index (χ0v) is 29.1. The van der Waals surface area contributed by atoms with Gasteiger partial charge in [0.15, 0.2) is 11.5 Å². The summed E-state index contributed by atoms with van der Waals surface area (Å²) in [6.07, 6.45) is 4.20. The van der Waals surface area contributed by atoms with Crippen LogP contribution in [0.15, 0.2) is 53.3 Å². The molecule has 11 nitrogen and oxygen atoms in total. The van der Waals surface area contributed by atoms with E-state index in [2.05, 4.69) is 16.0 Å². The van der Waals surface area contributed by atoms with Crippen LogP contribution in [0.1, 0.15) is 42.8 Å². The van der Waals surface area contributed by atoms with Gasteiger partial charge in [-0.15, -0.1) is 0 Å². The largest absolute Gasteiger partial charge is 0.493 e. The molecule has 0 aliphatic heterocycles. The summed E-state index contributed by atoms with van der Waals surface area (Å²) >= 11 is 1.63. The Morgan fingerprint density at radius 2 is 1.83 bits per heavy atom. The molecule has 0 spiro atoms. The van der Waals surface area contributed by atoms with Crippen molar-refractivity contribution >= 4 is 40.3 Å². The minimum Gasteiger partial charge on any atom is -0.493 e. The highest BCUT2D eigenvalue weighted by atomic mass is 32.2. The number of carbonyl (C=O) groups excluding carboxylic acids is 2. The number of hydrogen-bond acceptors (Lipinski definition) is 9. The van der Waals surface area contributed by atoms with Gasteiger partial charge in [0.1, 0.15) is 11.9 Å². The summed E-state index contributed by atoms with van der Waals surface area (Å²) in [6.45, 7) is 1.86. The van der Waals surface area contributed by atoms with Gasteiger partial charge >= 0.3 is 0 Å². The first-order valence-electron chi connectivity index (χ1n) is 15.9. The number of hydrogen-bond donors (Lipinski definition) is 3. The van der Waals surface area contributed by atoms with Gasteiger partial charge in [-0.25, -0.2) is 4.98 Å². The molecule has 0 saturated heterocycles. The van der Waals surface area contributed by atoms with Gasteiger partial charge in [0.05, 0.1) is 44.1 Å². The van der Waals surface area contributed by atoms with Crippen LogP contribution in [0, 0.1) is 0 Å². The van der Waals surface area contributed by atoms with Gasteiger partial charge in [0.2, 0.25) is 23.0 Å². The van der Waals surface area contributed by atoms with Crippen LogP contribution >= 0.6 is 11.8 Å². The third-order valence-corrected chi connectivity index (χ3v) is 9.34. The second-order valence-electron chi connectivity index (χ2n) is 11.7. The van der Waals surface area contributed by atoms with Gasteiger partial charge in [-0.1, -0.05) is 18.2 Å². The fourth-order valence-electron chi connectivity index (χ4n) is 6.36. The van der Waals surface area contributed by atoms with E-state index >= 15 is 0 Å². The monoisotopic (exact) mass is 673 g/mol. The summed E-state index contributed by atoms with van der Waals surface area (Å²) in [4.78, 5) is 44.4. The highest BCUT2D eigenvalue weighted by Gasteiger charge is 2.30. The Labute approximate surface area is 284 Å². The number of fused-ring (bicyclic) bond motifs is 4. The molecule has 4 aromatic rings. The van der Waals surface area contributed by atoms with Gasteiger partial charge in [-0.3, -0.25) is 14.4 Å². The number of anilines is 1. The number of rotatable bonds is 13. The van der Waals surface area contributed by atoms with Crippen molar-refractivity contribution in [2.45, 2.75) is 44.7 Å². The van der Waals surface area contributed by atoms with Crippen LogP contribution < -0.4 is 35.6 Å². The minimum absolute atomic E-state index is 0.199. The Bertz CT molecular complexity index is 1880. The van der Waals surface area contributed by atoms with Gasteiger partial charge in [0.25, 0.3) is 0 Å². The molecule has 1 aromatic heterocycles. The molecule has 2 atom stereocenters. The molecule has 48 heavy (non-hydrogen) atoms. The average molecular weight is 674 g/mol. The second kappa shape index (κ2) is 15.5. The molecule has 2 amide bonds. The lowest BCUT2D eigenvalue weighted by Gasteiger charge is -2.19. The van der Waals surface area contributed by atoms with E-state index in [0.29, 0.717) is 55.0 Å². The number of benzene rings is 2. The number of ether oxygens (including phenoxy) is 3. The number of aryl methyl sites for hydroxylation is 2. The number of amides is 2. The Hall–Kier alpha value is -4.71. The summed E-state index contributed by atoms with van der Waals surface area (Å²) in [5.74, 6) is 2.63. The summed E-state index contributed by atoms with van der Waals surface area (Å²) in [6, 6.07) is 13.9. The second-order valence-corrected chi connectivity index (χ2v) is 12.7. The van der Waals surface area contributed by atoms with Crippen LogP contribution in [0.5, 0.6) is 17.2 Å². The van der Waals surface area contributed by atoms with Gasteiger partial charge in [-0.2, -0.15) is 11.8 Å². The maximum Gasteiger partial charge on any atom is 0.242 e. The lowest BCUT2D eigenvalue weighted by atomic mass is 9.95. The molecule has 5 rings (SSSR count). The molecule has 3 N–H and O–H groups in total. The van der Waals surface area contributed by atoms with Crippen LogP contribution in [0.25, 0.3) is 22.2 Å². The first-order valence-corrected chi connectivity index (χ1v) is 17.3. The zero-order chi connectivity index (χ0) is 34.4. The molecule has 0 radical (unpaired) electrons. The van der Waals surface area contributed by atoms with Crippen molar-refractivity contribution in [3.05, 3.63) is 75.7 Å². The highest BCUT2D eigenvalue weighted by molar-refractivity contribution is 7.98. The fourth-order valence-corrected chi connectivity index (χ4v) is 6.83. The number of carbonyl (C=O) groups is 2. The van der Waals surface area contributed by atoms with Crippen LogP contribution in [0.2, 0.25) is 0 Å². The van der Waals surface area contributed by atoms with Crippen molar-refractivity contribution in [2.75, 3.05) is 45.2 Å². The molecule has 0 unspecified atom stereocenters. The van der Waals surface area contributed by atoms with Crippen LogP contribution in [-0.4, -0.2) is 67.3 Å². The molecule has 0 bridgehead atoms. The van der Waals surface area contributed by atoms with E-state index in [1.165, 1.54) is 6.92 Å². The smallest absolute Gasteiger partial charge is 0.242 e. The highest BCUT2D eigenvalue weighted by Crippen LogP contribution is 2.50. The number of nitrogens with one attached hydrogen (secondary N) is 3. The predicted molar refractivity (Wildman–Crippen MR) is 191 cm³/mol. The summed E-state index contributed by atoms with van der Waals surface area (Å²) in [5, 5.41) is 9.32. The molecular formula is C36H43N5O6S. The van der Waals surface area contributed by atoms with Crippen molar-refractivity contribution in [1.29, 1.82) is 0 Å². The standard InChI is InChI=1S/C36H43N5O6S/c1-21(42)38-25-13-11-22-19-31(45-3)34(46-4)35(47-5)33(22)23-12-14-27(30(43)20-24(23)25)39-28(16-18-48-6)36(44)37-17-15-32-40-26-9-7-8-10-29(26)41(32)2/h7-10,12,14,19-20,25,28H,11,13,15-18H2,1-6H3,(H,37,44)(H,38,42)(H,39,43)/t25-,28-/m0/s1. The molecule has 12 heteroatoms. The van der Waals surface area contributed by atoms with Gasteiger partial charge in [0, 0.05) is 32.5 Å². The van der Waals surface area contributed by atoms with E-state index in [9.17, 15) is 14.4 Å². The molecular weight excluding hydrogens is 630 g/mol. The normalized spacial score (nSPS) is 14.2. The van der Waals surface area contributed by atoms with E-state index in [4.69, 9.17) is 19.2 Å². The third-order valence-electron chi connectivity index (χ3n) is 8.70. The SMILES string of the molecule is COc1cc2c(c(OC)c1OC)-c1ccc(N[C@@H](CCSC)C(=O)NCCc3nc4ccccc4n3C)c(=O)cc1[C@@H](NC(C)=O)CC2. The number of aromatic nitrogens is 2. The number of nitrogens with zero attached hydrogens (tertiary/aromatic N) is 2. The first kappa shape index (κ1) is 34.6. The van der Waals surface area contributed by atoms with Gasteiger partial charge < -0.3 is 34.7 Å². The van der Waals surface area contributed by atoms with Crippen LogP contribution in [0.3, 0.4) is 0 Å². The van der Waals surface area contributed by atoms with E-state index in [1.807, 2.05) is 54.3 Å². The topological polar surface area (TPSA) is 133 Å². The molecule has 0 saturated carbocycles. The Morgan fingerprint density at radius 3 is 2.52 bits per heavy atom. The van der Waals surface area contributed by atoms with E-state index in [0.717, 1.165) is 39.3 Å². The number of methoxy groups -OCH3 is 3. The number of imidazole rings is 1. The van der Waals surface area contributed by atoms with Crippen molar-refractivity contribution in [3.8, 4) is 28.4 Å². The van der Waals surface area contributed by atoms with E-state index in [1.54, 1.807) is 45.2 Å². The maximum atomic E-state index is 13.9. The molecule has 1 aliphatic rings. The minimum atomic E-state index is -0.648. The van der Waals surface area contributed by atoms with E-state index in [-0.39, 0.29) is 22.9 Å². The number of thioether (sulfide) groups is 1. The maximum absolute atomic E-state index is 13.9. The molecule has 3 aromatic carbocycles. The van der Waals surface area contributed by atoms with Crippen molar-refractivity contribution < 1.29 is 23.8 Å². The predicted octanol–water partition coefficient (Wildman–Crippen LogP) is 4.64. The Morgan fingerprint density at radius 1 is 1.06 bits per heavy atom.